The summed E-state index contributed by atoms with van der Waals surface area (Å²) in [6.45, 7) is 2.02. The van der Waals surface area contributed by atoms with Gasteiger partial charge in [0, 0.05) is 12.1 Å². The number of halogens is 2. The van der Waals surface area contributed by atoms with Crippen LogP contribution in [0, 0.1) is 11.6 Å². The standard InChI is InChI=1S/C18H21F2NO/c1-2-18(14-5-9-16(20)10-6-14)21-17(12-22)11-13-3-7-15(19)8-4-13/h3-10,17-18,21-22H,2,11-12H2,1H3. The summed E-state index contributed by atoms with van der Waals surface area (Å²) in [7, 11) is 0. The van der Waals surface area contributed by atoms with Crippen molar-refractivity contribution in [2.45, 2.75) is 31.8 Å². The Balaban J connectivity index is 2.03. The molecule has 2 aromatic rings. The molecule has 0 fully saturated rings. The predicted molar refractivity (Wildman–Crippen MR) is 83.5 cm³/mol. The molecule has 0 aliphatic heterocycles. The van der Waals surface area contributed by atoms with Gasteiger partial charge < -0.3 is 10.4 Å². The van der Waals surface area contributed by atoms with E-state index in [1.54, 1.807) is 24.3 Å². The molecule has 0 aliphatic carbocycles. The zero-order chi connectivity index (χ0) is 15.9. The quantitative estimate of drug-likeness (QED) is 0.819. The minimum atomic E-state index is -0.269. The molecule has 118 valence electrons. The van der Waals surface area contributed by atoms with Crippen molar-refractivity contribution < 1.29 is 13.9 Å². The number of hydrogen-bond donors (Lipinski definition) is 2. The average Bonchev–Trinajstić information content (AvgIpc) is 2.54. The Morgan fingerprint density at radius 3 is 2.00 bits per heavy atom. The molecule has 0 bridgehead atoms. The summed E-state index contributed by atoms with van der Waals surface area (Å²) in [5.41, 5.74) is 1.95. The van der Waals surface area contributed by atoms with Gasteiger partial charge in [-0.05, 0) is 48.2 Å². The van der Waals surface area contributed by atoms with Crippen LogP contribution in [-0.4, -0.2) is 17.8 Å². The molecular weight excluding hydrogens is 284 g/mol. The first-order chi connectivity index (χ1) is 10.6. The van der Waals surface area contributed by atoms with Gasteiger partial charge in [-0.15, -0.1) is 0 Å². The number of hydrogen-bond acceptors (Lipinski definition) is 2. The van der Waals surface area contributed by atoms with Crippen LogP contribution in [0.3, 0.4) is 0 Å². The first-order valence-corrected chi connectivity index (χ1v) is 7.49. The van der Waals surface area contributed by atoms with Crippen LogP contribution in [0.25, 0.3) is 0 Å². The van der Waals surface area contributed by atoms with Crippen LogP contribution in [-0.2, 0) is 6.42 Å². The number of rotatable bonds is 7. The average molecular weight is 305 g/mol. The number of nitrogens with one attached hydrogen (secondary N) is 1. The largest absolute Gasteiger partial charge is 0.395 e. The molecule has 0 saturated heterocycles. The second kappa shape index (κ2) is 8.01. The summed E-state index contributed by atoms with van der Waals surface area (Å²) in [6.07, 6.45) is 1.43. The summed E-state index contributed by atoms with van der Waals surface area (Å²) < 4.78 is 25.9. The Hall–Kier alpha value is -1.78. The third kappa shape index (κ3) is 4.61. The number of aliphatic hydroxyl groups excluding tert-OH is 1. The normalized spacial score (nSPS) is 13.8. The smallest absolute Gasteiger partial charge is 0.123 e. The van der Waals surface area contributed by atoms with Crippen molar-refractivity contribution in [2.24, 2.45) is 0 Å². The molecule has 0 aliphatic rings. The van der Waals surface area contributed by atoms with Gasteiger partial charge in [0.15, 0.2) is 0 Å². The van der Waals surface area contributed by atoms with Crippen LogP contribution in [0.5, 0.6) is 0 Å². The Labute approximate surface area is 129 Å². The Morgan fingerprint density at radius 1 is 0.955 bits per heavy atom. The highest BCUT2D eigenvalue weighted by molar-refractivity contribution is 5.21. The molecule has 2 aromatic carbocycles. The van der Waals surface area contributed by atoms with Gasteiger partial charge in [0.25, 0.3) is 0 Å². The molecule has 0 radical (unpaired) electrons. The highest BCUT2D eigenvalue weighted by atomic mass is 19.1. The Bertz CT molecular complexity index is 569. The van der Waals surface area contributed by atoms with Gasteiger partial charge in [-0.3, -0.25) is 0 Å². The number of aliphatic hydroxyl groups is 1. The molecule has 4 heteroatoms. The van der Waals surface area contributed by atoms with Crippen molar-refractivity contribution in [1.29, 1.82) is 0 Å². The topological polar surface area (TPSA) is 32.3 Å². The molecule has 2 atom stereocenters. The highest BCUT2D eigenvalue weighted by Gasteiger charge is 2.15. The lowest BCUT2D eigenvalue weighted by molar-refractivity contribution is 0.229. The van der Waals surface area contributed by atoms with E-state index in [0.29, 0.717) is 6.42 Å². The monoisotopic (exact) mass is 305 g/mol. The molecule has 0 saturated carbocycles. The van der Waals surface area contributed by atoms with Crippen LogP contribution in [0.15, 0.2) is 48.5 Å². The molecule has 2 N–H and O–H groups in total. The molecule has 0 spiro atoms. The van der Waals surface area contributed by atoms with Crippen molar-refractivity contribution in [3.8, 4) is 0 Å². The summed E-state index contributed by atoms with van der Waals surface area (Å²) in [5.74, 6) is -0.529. The van der Waals surface area contributed by atoms with Crippen LogP contribution in [0.1, 0.15) is 30.5 Å². The Kier molecular flexibility index (Phi) is 6.04. The van der Waals surface area contributed by atoms with Gasteiger partial charge >= 0.3 is 0 Å². The number of benzene rings is 2. The van der Waals surface area contributed by atoms with E-state index < -0.39 is 0 Å². The van der Waals surface area contributed by atoms with Gasteiger partial charge in [-0.2, -0.15) is 0 Å². The lowest BCUT2D eigenvalue weighted by Crippen LogP contribution is -2.37. The van der Waals surface area contributed by atoms with Gasteiger partial charge in [-0.1, -0.05) is 31.2 Å². The van der Waals surface area contributed by atoms with Gasteiger partial charge in [0.05, 0.1) is 6.61 Å². The lowest BCUT2D eigenvalue weighted by Gasteiger charge is -2.24. The first kappa shape index (κ1) is 16.6. The summed E-state index contributed by atoms with van der Waals surface area (Å²) in [4.78, 5) is 0. The van der Waals surface area contributed by atoms with E-state index in [0.717, 1.165) is 17.5 Å². The zero-order valence-corrected chi connectivity index (χ0v) is 12.6. The molecule has 22 heavy (non-hydrogen) atoms. The molecule has 2 rings (SSSR count). The van der Waals surface area contributed by atoms with Crippen molar-refractivity contribution in [2.75, 3.05) is 6.61 Å². The second-order valence-electron chi connectivity index (χ2n) is 5.39. The van der Waals surface area contributed by atoms with E-state index in [1.165, 1.54) is 24.3 Å². The summed E-state index contributed by atoms with van der Waals surface area (Å²) >= 11 is 0. The molecular formula is C18H21F2NO. The Morgan fingerprint density at radius 2 is 1.50 bits per heavy atom. The van der Waals surface area contributed by atoms with E-state index in [1.807, 2.05) is 6.92 Å². The van der Waals surface area contributed by atoms with Gasteiger partial charge in [0.2, 0.25) is 0 Å². The third-order valence-electron chi connectivity index (χ3n) is 3.73. The molecule has 0 aromatic heterocycles. The van der Waals surface area contributed by atoms with Crippen LogP contribution in [0.2, 0.25) is 0 Å². The van der Waals surface area contributed by atoms with E-state index in [2.05, 4.69) is 5.32 Å². The molecule has 2 nitrogen and oxygen atoms in total. The van der Waals surface area contributed by atoms with Crippen molar-refractivity contribution >= 4 is 0 Å². The summed E-state index contributed by atoms with van der Waals surface area (Å²) in [6, 6.07) is 12.6. The molecule has 0 amide bonds. The first-order valence-electron chi connectivity index (χ1n) is 7.49. The maximum absolute atomic E-state index is 13.0. The van der Waals surface area contributed by atoms with Crippen LogP contribution < -0.4 is 5.32 Å². The summed E-state index contributed by atoms with van der Waals surface area (Å²) in [5, 5.41) is 13.0. The van der Waals surface area contributed by atoms with E-state index >= 15 is 0 Å². The SMILES string of the molecule is CCC(NC(CO)Cc1ccc(F)cc1)c1ccc(F)cc1. The van der Waals surface area contributed by atoms with E-state index in [4.69, 9.17) is 0 Å². The van der Waals surface area contributed by atoms with Crippen molar-refractivity contribution in [3.05, 3.63) is 71.3 Å². The maximum Gasteiger partial charge on any atom is 0.123 e. The second-order valence-corrected chi connectivity index (χ2v) is 5.39. The fraction of sp³-hybridized carbons (Fsp3) is 0.333. The van der Waals surface area contributed by atoms with E-state index in [-0.39, 0.29) is 30.3 Å². The van der Waals surface area contributed by atoms with E-state index in [9.17, 15) is 13.9 Å². The van der Waals surface area contributed by atoms with Gasteiger partial charge in [-0.25, -0.2) is 8.78 Å². The zero-order valence-electron chi connectivity index (χ0n) is 12.6. The van der Waals surface area contributed by atoms with Crippen LogP contribution >= 0.6 is 0 Å². The highest BCUT2D eigenvalue weighted by Crippen LogP contribution is 2.18. The fourth-order valence-electron chi connectivity index (χ4n) is 2.51. The van der Waals surface area contributed by atoms with Crippen LogP contribution in [0.4, 0.5) is 8.78 Å². The molecule has 0 heterocycles. The maximum atomic E-state index is 13.0. The predicted octanol–water partition coefficient (Wildman–Crippen LogP) is 3.61. The fourth-order valence-corrected chi connectivity index (χ4v) is 2.51. The van der Waals surface area contributed by atoms with Crippen molar-refractivity contribution in [3.63, 3.8) is 0 Å². The minimum Gasteiger partial charge on any atom is -0.395 e. The minimum absolute atomic E-state index is 0.0188. The van der Waals surface area contributed by atoms with Gasteiger partial charge in [0.1, 0.15) is 11.6 Å². The lowest BCUT2D eigenvalue weighted by atomic mass is 10.0. The van der Waals surface area contributed by atoms with Crippen molar-refractivity contribution in [1.82, 2.24) is 5.32 Å². The third-order valence-corrected chi connectivity index (χ3v) is 3.73. The molecule has 2 unspecified atom stereocenters.